The van der Waals surface area contributed by atoms with Crippen LogP contribution in [0.3, 0.4) is 0 Å². The molecule has 0 unspecified atom stereocenters. The maximum absolute atomic E-state index is 13.1. The molecule has 2 aromatic rings. The van der Waals surface area contributed by atoms with Gasteiger partial charge in [0.1, 0.15) is 12.4 Å². The number of nitrogens with zero attached hydrogens (tertiary/aromatic N) is 1. The van der Waals surface area contributed by atoms with Crippen molar-refractivity contribution >= 4 is 15.9 Å². The zero-order valence-electron chi connectivity index (χ0n) is 8.66. The summed E-state index contributed by atoms with van der Waals surface area (Å²) in [4.78, 5) is 3.45. The lowest BCUT2D eigenvalue weighted by atomic mass is 10.2. The van der Waals surface area contributed by atoms with E-state index in [4.69, 9.17) is 4.74 Å². The van der Waals surface area contributed by atoms with E-state index in [1.807, 2.05) is 0 Å². The maximum atomic E-state index is 13.1. The van der Waals surface area contributed by atoms with E-state index in [2.05, 4.69) is 20.9 Å². The molecule has 0 saturated heterocycles. The quantitative estimate of drug-likeness (QED) is 0.806. The number of hydrogen-bond acceptors (Lipinski definition) is 2. The molecule has 1 aromatic heterocycles. The first kappa shape index (κ1) is 12.0. The first-order valence-corrected chi connectivity index (χ1v) is 5.63. The number of ether oxygens (including phenoxy) is 1. The summed E-state index contributed by atoms with van der Waals surface area (Å²) in [5.74, 6) is -1.000. The van der Waals surface area contributed by atoms with E-state index in [0.29, 0.717) is 10.0 Å². The summed E-state index contributed by atoms with van der Waals surface area (Å²) in [6, 6.07) is 7.42. The van der Waals surface area contributed by atoms with Crippen molar-refractivity contribution in [3.8, 4) is 5.75 Å². The number of hydrogen-bond donors (Lipinski definition) is 0. The third kappa shape index (κ3) is 3.23. The minimum absolute atomic E-state index is 0.0490. The van der Waals surface area contributed by atoms with Gasteiger partial charge in [0.25, 0.3) is 5.95 Å². The van der Waals surface area contributed by atoms with Crippen LogP contribution in [-0.2, 0) is 6.61 Å². The Hall–Kier alpha value is -1.49. The van der Waals surface area contributed by atoms with Gasteiger partial charge in [0.05, 0.1) is 0 Å². The van der Waals surface area contributed by atoms with Crippen LogP contribution in [0.2, 0.25) is 0 Å². The summed E-state index contributed by atoms with van der Waals surface area (Å²) in [6.45, 7) is 0.0823. The van der Waals surface area contributed by atoms with Crippen LogP contribution in [0.25, 0.3) is 0 Å². The normalized spacial score (nSPS) is 10.3. The van der Waals surface area contributed by atoms with Gasteiger partial charge in [0.2, 0.25) is 0 Å². The van der Waals surface area contributed by atoms with Crippen LogP contribution >= 0.6 is 15.9 Å². The van der Waals surface area contributed by atoms with Crippen molar-refractivity contribution in [3.05, 3.63) is 58.3 Å². The van der Waals surface area contributed by atoms with Crippen LogP contribution in [-0.4, -0.2) is 4.98 Å². The van der Waals surface area contributed by atoms with Gasteiger partial charge in [-0.15, -0.1) is 0 Å². The second kappa shape index (κ2) is 5.23. The lowest BCUT2D eigenvalue weighted by molar-refractivity contribution is 0.285. The monoisotopic (exact) mass is 299 g/mol. The van der Waals surface area contributed by atoms with Crippen molar-refractivity contribution < 1.29 is 13.5 Å². The molecule has 0 N–H and O–H groups in total. The second-order valence-electron chi connectivity index (χ2n) is 3.36. The highest BCUT2D eigenvalue weighted by molar-refractivity contribution is 9.10. The molecule has 17 heavy (non-hydrogen) atoms. The number of pyridine rings is 1. The van der Waals surface area contributed by atoms with Gasteiger partial charge in [-0.25, -0.2) is 9.37 Å². The van der Waals surface area contributed by atoms with Crippen LogP contribution < -0.4 is 4.74 Å². The van der Waals surface area contributed by atoms with Crippen LogP contribution in [0.4, 0.5) is 8.78 Å². The zero-order valence-corrected chi connectivity index (χ0v) is 10.2. The van der Waals surface area contributed by atoms with Crippen LogP contribution in [0.15, 0.2) is 41.0 Å². The maximum Gasteiger partial charge on any atom is 0.255 e. The van der Waals surface area contributed by atoms with E-state index in [0.717, 1.165) is 0 Å². The SMILES string of the molecule is Fc1cc(Br)cc(COc2cccnc2F)c1. The van der Waals surface area contributed by atoms with Crippen molar-refractivity contribution in [1.82, 2.24) is 4.98 Å². The molecule has 0 saturated carbocycles. The second-order valence-corrected chi connectivity index (χ2v) is 4.27. The van der Waals surface area contributed by atoms with Crippen molar-refractivity contribution in [2.24, 2.45) is 0 Å². The minimum Gasteiger partial charge on any atom is -0.484 e. The van der Waals surface area contributed by atoms with E-state index >= 15 is 0 Å². The zero-order chi connectivity index (χ0) is 12.3. The highest BCUT2D eigenvalue weighted by atomic mass is 79.9. The van der Waals surface area contributed by atoms with Gasteiger partial charge in [-0.1, -0.05) is 15.9 Å². The first-order valence-electron chi connectivity index (χ1n) is 4.83. The van der Waals surface area contributed by atoms with Crippen molar-refractivity contribution in [3.63, 3.8) is 0 Å². The molecule has 0 amide bonds. The fraction of sp³-hybridized carbons (Fsp3) is 0.0833. The Bertz CT molecular complexity index is 513. The molecule has 0 spiro atoms. The van der Waals surface area contributed by atoms with E-state index in [-0.39, 0.29) is 18.2 Å². The molecule has 2 nitrogen and oxygen atoms in total. The molecule has 0 atom stereocenters. The highest BCUT2D eigenvalue weighted by Gasteiger charge is 2.04. The van der Waals surface area contributed by atoms with Crippen LogP contribution in [0.1, 0.15) is 5.56 Å². The molecule has 0 radical (unpaired) electrons. The Kier molecular flexibility index (Phi) is 3.68. The van der Waals surface area contributed by atoms with Gasteiger partial charge < -0.3 is 4.74 Å². The van der Waals surface area contributed by atoms with E-state index in [1.165, 1.54) is 24.4 Å². The molecule has 2 rings (SSSR count). The fourth-order valence-electron chi connectivity index (χ4n) is 1.33. The molecular formula is C12H8BrF2NO. The predicted octanol–water partition coefficient (Wildman–Crippen LogP) is 3.70. The van der Waals surface area contributed by atoms with Crippen LogP contribution in [0.5, 0.6) is 5.75 Å². The molecule has 0 bridgehead atoms. The molecule has 0 aliphatic carbocycles. The van der Waals surface area contributed by atoms with Gasteiger partial charge in [-0.2, -0.15) is 4.39 Å². The Morgan fingerprint density at radius 1 is 1.24 bits per heavy atom. The van der Waals surface area contributed by atoms with Gasteiger partial charge in [-0.3, -0.25) is 0 Å². The molecular weight excluding hydrogens is 292 g/mol. The van der Waals surface area contributed by atoms with Gasteiger partial charge in [-0.05, 0) is 35.9 Å². The number of benzene rings is 1. The van der Waals surface area contributed by atoms with Crippen molar-refractivity contribution in [2.45, 2.75) is 6.61 Å². The molecule has 1 aromatic carbocycles. The van der Waals surface area contributed by atoms with Gasteiger partial charge >= 0.3 is 0 Å². The van der Waals surface area contributed by atoms with E-state index in [1.54, 1.807) is 12.1 Å². The predicted molar refractivity (Wildman–Crippen MR) is 62.6 cm³/mol. The van der Waals surface area contributed by atoms with Crippen molar-refractivity contribution in [2.75, 3.05) is 0 Å². The lowest BCUT2D eigenvalue weighted by Gasteiger charge is -2.07. The highest BCUT2D eigenvalue weighted by Crippen LogP contribution is 2.18. The Balaban J connectivity index is 2.10. The summed E-state index contributed by atoms with van der Waals surface area (Å²) in [5.41, 5.74) is 0.611. The topological polar surface area (TPSA) is 22.1 Å². The minimum atomic E-state index is -0.678. The first-order chi connectivity index (χ1) is 8.15. The summed E-state index contributed by atoms with van der Waals surface area (Å²) >= 11 is 3.17. The largest absolute Gasteiger partial charge is 0.484 e. The fourth-order valence-corrected chi connectivity index (χ4v) is 1.85. The van der Waals surface area contributed by atoms with Crippen molar-refractivity contribution in [1.29, 1.82) is 0 Å². The average molecular weight is 300 g/mol. The molecule has 0 aliphatic heterocycles. The molecule has 5 heteroatoms. The molecule has 0 aliphatic rings. The molecule has 88 valence electrons. The molecule has 0 fully saturated rings. The van der Waals surface area contributed by atoms with Gasteiger partial charge in [0, 0.05) is 10.7 Å². The summed E-state index contributed by atoms with van der Waals surface area (Å²) in [5, 5.41) is 0. The number of aromatic nitrogens is 1. The Morgan fingerprint density at radius 3 is 2.76 bits per heavy atom. The third-order valence-electron chi connectivity index (χ3n) is 2.04. The Labute approximate surface area is 105 Å². The smallest absolute Gasteiger partial charge is 0.255 e. The summed E-state index contributed by atoms with van der Waals surface area (Å²) < 4.78 is 32.0. The number of halogens is 3. The van der Waals surface area contributed by atoms with Gasteiger partial charge in [0.15, 0.2) is 5.75 Å². The van der Waals surface area contributed by atoms with E-state index in [9.17, 15) is 8.78 Å². The average Bonchev–Trinajstić information content (AvgIpc) is 2.27. The lowest BCUT2D eigenvalue weighted by Crippen LogP contribution is -1.99. The molecule has 1 heterocycles. The standard InChI is InChI=1S/C12H8BrF2NO/c13-9-4-8(5-10(14)6-9)7-17-11-2-1-3-16-12(11)15/h1-6H,7H2. The summed E-state index contributed by atoms with van der Waals surface area (Å²) in [7, 11) is 0. The Morgan fingerprint density at radius 2 is 2.06 bits per heavy atom. The van der Waals surface area contributed by atoms with E-state index < -0.39 is 5.95 Å². The number of rotatable bonds is 3. The third-order valence-corrected chi connectivity index (χ3v) is 2.50. The van der Waals surface area contributed by atoms with Crippen LogP contribution in [0, 0.1) is 11.8 Å². The summed E-state index contributed by atoms with van der Waals surface area (Å²) in [6.07, 6.45) is 1.33.